The number of aliphatic carboxylic acids is 1. The summed E-state index contributed by atoms with van der Waals surface area (Å²) in [6.07, 6.45) is 1.38. The third kappa shape index (κ3) is 4.48. The normalized spacial score (nSPS) is 20.4. The molecular formula is C19H21N5O3S2. The first-order valence-electron chi connectivity index (χ1n) is 8.75. The van der Waals surface area contributed by atoms with Gasteiger partial charge in [-0.05, 0) is 17.7 Å². The summed E-state index contributed by atoms with van der Waals surface area (Å²) in [6, 6.07) is 9.19. The zero-order chi connectivity index (χ0) is 21.0. The van der Waals surface area contributed by atoms with Crippen LogP contribution in [0.15, 0.2) is 76.8 Å². The van der Waals surface area contributed by atoms with Gasteiger partial charge < -0.3 is 10.4 Å². The van der Waals surface area contributed by atoms with E-state index in [1.165, 1.54) is 27.9 Å². The molecule has 2 aliphatic heterocycles. The lowest BCUT2D eigenvalue weighted by molar-refractivity contribution is -0.148. The van der Waals surface area contributed by atoms with Crippen molar-refractivity contribution in [2.75, 3.05) is 18.1 Å². The Bertz CT molecular complexity index is 866. The van der Waals surface area contributed by atoms with Crippen LogP contribution in [0.3, 0.4) is 0 Å². The Labute approximate surface area is 177 Å². The molecule has 3 N–H and O–H groups in total. The van der Waals surface area contributed by atoms with Crippen LogP contribution in [-0.4, -0.2) is 56.4 Å². The van der Waals surface area contributed by atoms with Gasteiger partial charge in [0.25, 0.3) is 5.91 Å². The second-order valence-electron chi connectivity index (χ2n) is 6.37. The Balaban J connectivity index is 1.69. The van der Waals surface area contributed by atoms with Gasteiger partial charge in [-0.1, -0.05) is 36.6 Å². The molecule has 0 saturated carbocycles. The number of benzene rings is 1. The quantitative estimate of drug-likeness (QED) is 0.226. The van der Waals surface area contributed by atoms with E-state index < -0.39 is 12.0 Å². The molecule has 0 radical (unpaired) electrons. The van der Waals surface area contributed by atoms with Crippen LogP contribution in [0, 0.1) is 5.53 Å². The molecule has 1 saturated heterocycles. The van der Waals surface area contributed by atoms with Gasteiger partial charge in [0.1, 0.15) is 17.1 Å². The van der Waals surface area contributed by atoms with Crippen LogP contribution in [0.25, 0.3) is 0 Å². The van der Waals surface area contributed by atoms with Gasteiger partial charge in [0.05, 0.1) is 6.54 Å². The van der Waals surface area contributed by atoms with E-state index in [1.54, 1.807) is 11.8 Å². The van der Waals surface area contributed by atoms with Gasteiger partial charge in [-0.15, -0.1) is 23.5 Å². The second kappa shape index (κ2) is 9.19. The van der Waals surface area contributed by atoms with E-state index in [0.717, 1.165) is 10.5 Å². The van der Waals surface area contributed by atoms with Crippen molar-refractivity contribution < 1.29 is 14.7 Å². The van der Waals surface area contributed by atoms with Crippen LogP contribution < -0.4 is 5.32 Å². The Hall–Kier alpha value is -2.72. The van der Waals surface area contributed by atoms with Crippen LogP contribution in [0.1, 0.15) is 0 Å². The Morgan fingerprint density at radius 1 is 1.48 bits per heavy atom. The van der Waals surface area contributed by atoms with Gasteiger partial charge in [0.2, 0.25) is 0 Å². The first kappa shape index (κ1) is 21.0. The van der Waals surface area contributed by atoms with Gasteiger partial charge >= 0.3 is 5.97 Å². The minimum absolute atomic E-state index is 0.0831. The maximum Gasteiger partial charge on any atom is 0.352 e. The number of nitrogens with one attached hydrogen (secondary N) is 2. The molecule has 152 valence electrons. The van der Waals surface area contributed by atoms with Crippen LogP contribution in [0.4, 0.5) is 0 Å². The molecule has 1 fully saturated rings. The van der Waals surface area contributed by atoms with Crippen LogP contribution in [-0.2, 0) is 9.59 Å². The monoisotopic (exact) mass is 431 g/mol. The molecule has 2 aliphatic rings. The zero-order valence-electron chi connectivity index (χ0n) is 15.6. The average Bonchev–Trinajstić information content (AvgIpc) is 2.74. The van der Waals surface area contributed by atoms with Crippen molar-refractivity contribution in [1.29, 1.82) is 5.53 Å². The first-order chi connectivity index (χ1) is 14.0. The number of thioether (sulfide) groups is 2. The number of carboxylic acids is 1. The molecule has 1 aromatic carbocycles. The van der Waals surface area contributed by atoms with E-state index in [9.17, 15) is 14.7 Å². The van der Waals surface area contributed by atoms with E-state index in [-0.39, 0.29) is 23.5 Å². The Morgan fingerprint density at radius 2 is 2.21 bits per heavy atom. The number of carbonyl (C=O) groups excluding carboxylic acids is 1. The van der Waals surface area contributed by atoms with Gasteiger partial charge in [0, 0.05) is 28.3 Å². The summed E-state index contributed by atoms with van der Waals surface area (Å²) in [5.41, 5.74) is 8.37. The lowest BCUT2D eigenvalue weighted by Gasteiger charge is -2.50. The molecule has 2 unspecified atom stereocenters. The summed E-state index contributed by atoms with van der Waals surface area (Å²) in [6.45, 7) is 7.61. The summed E-state index contributed by atoms with van der Waals surface area (Å²) in [7, 11) is 0. The molecule has 10 heteroatoms. The number of nitrogens with zero attached hydrogens (tertiary/aromatic N) is 3. The molecule has 0 spiro atoms. The Morgan fingerprint density at radius 3 is 2.83 bits per heavy atom. The number of hydrogen-bond donors (Lipinski definition) is 3. The number of amides is 1. The molecule has 1 aromatic rings. The molecule has 1 amide bonds. The number of fused-ring (bicyclic) bond motifs is 1. The molecule has 3 rings (SSSR count). The number of rotatable bonds is 10. The fourth-order valence-electron chi connectivity index (χ4n) is 3.08. The number of hydrogen-bond acceptors (Lipinski definition) is 7. The van der Waals surface area contributed by atoms with Gasteiger partial charge in [-0.3, -0.25) is 9.69 Å². The predicted octanol–water partition coefficient (Wildman–Crippen LogP) is 2.90. The summed E-state index contributed by atoms with van der Waals surface area (Å²) < 4.78 is 0. The van der Waals surface area contributed by atoms with Crippen molar-refractivity contribution in [2.45, 2.75) is 16.3 Å². The summed E-state index contributed by atoms with van der Waals surface area (Å²) in [5, 5.41) is 17.0. The summed E-state index contributed by atoms with van der Waals surface area (Å²) in [4.78, 5) is 27.0. The molecule has 2 heterocycles. The zero-order valence-corrected chi connectivity index (χ0v) is 17.2. The van der Waals surface area contributed by atoms with Gasteiger partial charge in [-0.2, -0.15) is 5.53 Å². The second-order valence-corrected chi connectivity index (χ2v) is 8.53. The van der Waals surface area contributed by atoms with Crippen molar-refractivity contribution in [3.8, 4) is 0 Å². The average molecular weight is 432 g/mol. The molecule has 0 aliphatic carbocycles. The standard InChI is InChI=1S/C19H21N5O3S2/c1-3-23(22-20)9-12(2)21-15-17(25)24-16(19(26)27)13(11-29-18(15)24)10-28-14-7-5-4-6-8-14/h3-8,15,18,20-21H,1-2,9-11H2,(H,26,27). The smallest absolute Gasteiger partial charge is 0.352 e. The number of β-lactam (4-membered cyclic amide) rings is 1. The van der Waals surface area contributed by atoms with E-state index in [2.05, 4.69) is 23.7 Å². The van der Waals surface area contributed by atoms with Crippen LogP contribution >= 0.6 is 23.5 Å². The Kier molecular flexibility index (Phi) is 6.65. The minimum Gasteiger partial charge on any atom is -0.477 e. The molecule has 0 aromatic heterocycles. The van der Waals surface area contributed by atoms with E-state index >= 15 is 0 Å². The van der Waals surface area contributed by atoms with E-state index in [0.29, 0.717) is 17.2 Å². The van der Waals surface area contributed by atoms with Crippen molar-refractivity contribution in [1.82, 2.24) is 15.2 Å². The predicted molar refractivity (Wildman–Crippen MR) is 113 cm³/mol. The van der Waals surface area contributed by atoms with Crippen LogP contribution in [0.5, 0.6) is 0 Å². The van der Waals surface area contributed by atoms with Crippen molar-refractivity contribution in [3.05, 3.63) is 66.7 Å². The molecule has 8 nitrogen and oxygen atoms in total. The fourth-order valence-corrected chi connectivity index (χ4v) is 5.49. The molecule has 29 heavy (non-hydrogen) atoms. The van der Waals surface area contributed by atoms with Gasteiger partial charge in [0.15, 0.2) is 0 Å². The van der Waals surface area contributed by atoms with Crippen molar-refractivity contribution in [2.24, 2.45) is 5.22 Å². The SMILES string of the molecule is C=CN(CC(=C)NC1C(=O)N2C(C(=O)O)=C(CSc3ccccc3)CSC12)N=N. The molecule has 0 bridgehead atoms. The topological polar surface area (TPSA) is 109 Å². The summed E-state index contributed by atoms with van der Waals surface area (Å²) >= 11 is 3.09. The summed E-state index contributed by atoms with van der Waals surface area (Å²) in [5.74, 6) is -0.327. The lowest BCUT2D eigenvalue weighted by atomic mass is 10.0. The maximum absolute atomic E-state index is 12.7. The third-order valence-corrected chi connectivity index (χ3v) is 6.90. The fraction of sp³-hybridized carbons (Fsp3) is 0.263. The first-order valence-corrected chi connectivity index (χ1v) is 10.8. The van der Waals surface area contributed by atoms with Crippen molar-refractivity contribution in [3.63, 3.8) is 0 Å². The van der Waals surface area contributed by atoms with Gasteiger partial charge in [-0.25, -0.2) is 9.80 Å². The number of carboxylic acid groups (broad SMARTS) is 1. The lowest BCUT2D eigenvalue weighted by Crippen LogP contribution is -2.69. The highest BCUT2D eigenvalue weighted by Gasteiger charge is 2.53. The highest BCUT2D eigenvalue weighted by molar-refractivity contribution is 8.01. The third-order valence-electron chi connectivity index (χ3n) is 4.46. The maximum atomic E-state index is 12.7. The largest absolute Gasteiger partial charge is 0.477 e. The van der Waals surface area contributed by atoms with Crippen molar-refractivity contribution >= 4 is 35.4 Å². The van der Waals surface area contributed by atoms with Crippen LogP contribution in [0.2, 0.25) is 0 Å². The van der Waals surface area contributed by atoms with E-state index in [1.807, 2.05) is 30.3 Å². The highest BCUT2D eigenvalue weighted by Crippen LogP contribution is 2.41. The van der Waals surface area contributed by atoms with E-state index in [4.69, 9.17) is 5.53 Å². The molecule has 2 atom stereocenters. The minimum atomic E-state index is -1.09. The molecular weight excluding hydrogens is 410 g/mol. The highest BCUT2D eigenvalue weighted by atomic mass is 32.2. The number of carbonyl (C=O) groups is 2.